The summed E-state index contributed by atoms with van der Waals surface area (Å²) >= 11 is 0. The molecule has 1 nitrogen and oxygen atoms in total. The first-order valence-corrected chi connectivity index (χ1v) is 1.96. The third-order valence-electron chi connectivity index (χ3n) is 0.468. The third kappa shape index (κ3) is 10.7. The number of hydrogen-bond acceptors (Lipinski definition) is 1. The van der Waals surface area contributed by atoms with E-state index in [1.807, 2.05) is 19.1 Å². The Labute approximate surface area is 66.1 Å². The van der Waals surface area contributed by atoms with Gasteiger partial charge in [-0.3, -0.25) is 0 Å². The summed E-state index contributed by atoms with van der Waals surface area (Å²) in [4.78, 5) is 9.51. The van der Waals surface area contributed by atoms with E-state index in [9.17, 15) is 4.79 Å². The minimum absolute atomic E-state index is 0. The number of rotatable bonds is 2. The van der Waals surface area contributed by atoms with Crippen molar-refractivity contribution in [1.29, 1.82) is 0 Å². The normalized spacial score (nSPS) is 8.14. The van der Waals surface area contributed by atoms with Crippen LogP contribution in [0.1, 0.15) is 13.3 Å². The molecule has 0 aromatic carbocycles. The average Bonchev–Trinajstić information content (AvgIpc) is 1.61. The van der Waals surface area contributed by atoms with E-state index in [1.54, 1.807) is 0 Å². The summed E-state index contributed by atoms with van der Waals surface area (Å²) in [6, 6.07) is 0. The third-order valence-corrected chi connectivity index (χ3v) is 0.468. The van der Waals surface area contributed by atoms with Gasteiger partial charge in [-0.15, -0.1) is 0 Å². The molecule has 0 saturated carbocycles. The van der Waals surface area contributed by atoms with Gasteiger partial charge in [-0.2, -0.15) is 0 Å². The van der Waals surface area contributed by atoms with Gasteiger partial charge in [0.05, 0.1) is 0 Å². The van der Waals surface area contributed by atoms with E-state index in [1.165, 1.54) is 0 Å². The van der Waals surface area contributed by atoms with Gasteiger partial charge in [0.2, 0.25) is 0 Å². The Hall–Kier alpha value is 0.410. The Morgan fingerprint density at radius 1 is 1.57 bits per heavy atom. The van der Waals surface area contributed by atoms with Crippen molar-refractivity contribution >= 4 is 35.8 Å². The van der Waals surface area contributed by atoms with Crippen molar-refractivity contribution in [1.82, 2.24) is 0 Å². The van der Waals surface area contributed by atoms with Gasteiger partial charge in [-0.05, 0) is 6.92 Å². The van der Waals surface area contributed by atoms with Crippen molar-refractivity contribution < 1.29 is 4.79 Å². The summed E-state index contributed by atoms with van der Waals surface area (Å²) < 4.78 is 0. The van der Waals surface area contributed by atoms with Crippen LogP contribution in [-0.4, -0.2) is 35.8 Å². The van der Waals surface area contributed by atoms with Gasteiger partial charge in [-0.25, -0.2) is 0 Å². The zero-order chi connectivity index (χ0) is 4.83. The summed E-state index contributed by atoms with van der Waals surface area (Å²) in [7, 11) is 0. The summed E-state index contributed by atoms with van der Waals surface area (Å²) in [6.45, 7) is 1.89. The Kier molecular flexibility index (Phi) is 14.3. The predicted octanol–water partition coefficient (Wildman–Crippen LogP) is 0.503. The second kappa shape index (κ2) is 9.65. The molecule has 0 radical (unpaired) electrons. The van der Waals surface area contributed by atoms with E-state index in [4.69, 9.17) is 0 Å². The fraction of sp³-hybridized carbons (Fsp3) is 0.400. The summed E-state index contributed by atoms with van der Waals surface area (Å²) in [5.41, 5.74) is 0. The molecule has 0 saturated heterocycles. The average molecular weight is 108 g/mol. The molecular weight excluding hydrogens is 99.0 g/mol. The SMILES string of the molecule is CC=CCC=O.[NaH]. The van der Waals surface area contributed by atoms with E-state index >= 15 is 0 Å². The zero-order valence-electron chi connectivity index (χ0n) is 3.85. The summed E-state index contributed by atoms with van der Waals surface area (Å²) in [6.07, 6.45) is 5.10. The molecule has 0 unspecified atom stereocenters. The van der Waals surface area contributed by atoms with Crippen LogP contribution in [0.5, 0.6) is 0 Å². The molecule has 7 heavy (non-hydrogen) atoms. The quantitative estimate of drug-likeness (QED) is 0.286. The number of hydrogen-bond donors (Lipinski definition) is 0. The monoisotopic (exact) mass is 108 g/mol. The standard InChI is InChI=1S/C5H8O.Na.H/c1-2-3-4-5-6;;/h2-3,5H,4H2,1H3;;. The van der Waals surface area contributed by atoms with E-state index in [-0.39, 0.29) is 29.6 Å². The van der Waals surface area contributed by atoms with Crippen molar-refractivity contribution in [3.8, 4) is 0 Å². The van der Waals surface area contributed by atoms with Crippen LogP contribution in [0.4, 0.5) is 0 Å². The maximum atomic E-state index is 9.51. The first kappa shape index (κ1) is 10.4. The molecular formula is C5H9NaO. The number of carbonyl (C=O) groups is 1. The van der Waals surface area contributed by atoms with Crippen LogP contribution < -0.4 is 0 Å². The first-order chi connectivity index (χ1) is 2.91. The van der Waals surface area contributed by atoms with Gasteiger partial charge in [0.1, 0.15) is 6.29 Å². The van der Waals surface area contributed by atoms with E-state index in [0.717, 1.165) is 6.29 Å². The summed E-state index contributed by atoms with van der Waals surface area (Å²) in [5, 5.41) is 0. The molecule has 0 aromatic rings. The molecule has 0 heterocycles. The van der Waals surface area contributed by atoms with Gasteiger partial charge in [0.25, 0.3) is 0 Å². The summed E-state index contributed by atoms with van der Waals surface area (Å²) in [5.74, 6) is 0. The molecule has 0 bridgehead atoms. The molecule has 0 amide bonds. The van der Waals surface area contributed by atoms with Crippen LogP contribution in [-0.2, 0) is 4.79 Å². The Morgan fingerprint density at radius 2 is 2.14 bits per heavy atom. The van der Waals surface area contributed by atoms with E-state index < -0.39 is 0 Å². The number of aldehydes is 1. The van der Waals surface area contributed by atoms with Crippen LogP contribution in [0.2, 0.25) is 0 Å². The van der Waals surface area contributed by atoms with Crippen molar-refractivity contribution in [3.63, 3.8) is 0 Å². The fourth-order valence-electron chi connectivity index (χ4n) is 0.192. The molecule has 0 atom stereocenters. The van der Waals surface area contributed by atoms with Crippen molar-refractivity contribution in [2.75, 3.05) is 0 Å². The van der Waals surface area contributed by atoms with Gasteiger partial charge in [0, 0.05) is 6.42 Å². The van der Waals surface area contributed by atoms with Crippen LogP contribution in [0.3, 0.4) is 0 Å². The van der Waals surface area contributed by atoms with E-state index in [0.29, 0.717) is 6.42 Å². The second-order valence-electron chi connectivity index (χ2n) is 0.971. The molecule has 0 aliphatic rings. The molecule has 0 N–H and O–H groups in total. The van der Waals surface area contributed by atoms with Crippen molar-refractivity contribution in [2.24, 2.45) is 0 Å². The molecule has 0 aliphatic carbocycles. The van der Waals surface area contributed by atoms with Crippen LogP contribution >= 0.6 is 0 Å². The zero-order valence-corrected chi connectivity index (χ0v) is 3.85. The van der Waals surface area contributed by atoms with Gasteiger partial charge in [-0.1, -0.05) is 12.2 Å². The topological polar surface area (TPSA) is 17.1 Å². The molecule has 0 rings (SSSR count). The van der Waals surface area contributed by atoms with E-state index in [2.05, 4.69) is 0 Å². The van der Waals surface area contributed by atoms with Crippen LogP contribution in [0, 0.1) is 0 Å². The Morgan fingerprint density at radius 3 is 2.29 bits per heavy atom. The van der Waals surface area contributed by atoms with Crippen LogP contribution in [0.15, 0.2) is 12.2 Å². The Bertz CT molecular complexity index is 59.1. The predicted molar refractivity (Wildman–Crippen MR) is 32.6 cm³/mol. The fourth-order valence-corrected chi connectivity index (χ4v) is 0.192. The first-order valence-electron chi connectivity index (χ1n) is 1.96. The second-order valence-corrected chi connectivity index (χ2v) is 0.971. The van der Waals surface area contributed by atoms with Gasteiger partial charge >= 0.3 is 29.6 Å². The Balaban J connectivity index is 0. The van der Waals surface area contributed by atoms with Gasteiger partial charge < -0.3 is 4.79 Å². The van der Waals surface area contributed by atoms with Gasteiger partial charge in [0.15, 0.2) is 0 Å². The molecule has 0 aliphatic heterocycles. The molecule has 36 valence electrons. The maximum absolute atomic E-state index is 9.51. The van der Waals surface area contributed by atoms with Crippen molar-refractivity contribution in [3.05, 3.63) is 12.2 Å². The number of carbonyl (C=O) groups excluding carboxylic acids is 1. The van der Waals surface area contributed by atoms with Crippen LogP contribution in [0.25, 0.3) is 0 Å². The van der Waals surface area contributed by atoms with Crippen molar-refractivity contribution in [2.45, 2.75) is 13.3 Å². The molecule has 0 spiro atoms. The molecule has 2 heteroatoms. The number of allylic oxidation sites excluding steroid dienone is 2. The molecule has 0 fully saturated rings. The minimum atomic E-state index is 0. The molecule has 0 aromatic heterocycles.